The SMILES string of the molecule is CC(C)(C)N1CCC1C(=O)ON1C(=O)c2ccccc2C1=O. The summed E-state index contributed by atoms with van der Waals surface area (Å²) in [6, 6.07) is 6.03. The second-order valence-electron chi connectivity index (χ2n) is 6.53. The summed E-state index contributed by atoms with van der Waals surface area (Å²) in [5.74, 6) is -1.73. The predicted molar refractivity (Wildman–Crippen MR) is 77.9 cm³/mol. The van der Waals surface area contributed by atoms with Crippen LogP contribution in [-0.2, 0) is 9.63 Å². The van der Waals surface area contributed by atoms with Crippen molar-refractivity contribution in [3.05, 3.63) is 35.4 Å². The molecule has 1 unspecified atom stereocenters. The number of hydrogen-bond acceptors (Lipinski definition) is 5. The largest absolute Gasteiger partial charge is 0.350 e. The Morgan fingerprint density at radius 1 is 1.14 bits per heavy atom. The molecule has 1 aromatic carbocycles. The van der Waals surface area contributed by atoms with Gasteiger partial charge in [0.15, 0.2) is 0 Å². The number of hydrogen-bond donors (Lipinski definition) is 0. The molecule has 6 nitrogen and oxygen atoms in total. The fourth-order valence-electron chi connectivity index (χ4n) is 2.84. The molecular formula is C16H18N2O4. The molecule has 1 saturated heterocycles. The Hall–Kier alpha value is -2.21. The van der Waals surface area contributed by atoms with E-state index in [9.17, 15) is 14.4 Å². The minimum Gasteiger partial charge on any atom is -0.328 e. The van der Waals surface area contributed by atoms with E-state index in [0.717, 1.165) is 6.54 Å². The highest BCUT2D eigenvalue weighted by Gasteiger charge is 2.45. The molecular weight excluding hydrogens is 284 g/mol. The van der Waals surface area contributed by atoms with E-state index in [1.165, 1.54) is 0 Å². The van der Waals surface area contributed by atoms with Gasteiger partial charge in [-0.15, -0.1) is 0 Å². The molecule has 116 valence electrons. The fraction of sp³-hybridized carbons (Fsp3) is 0.438. The van der Waals surface area contributed by atoms with Gasteiger partial charge in [-0.1, -0.05) is 17.2 Å². The molecule has 1 fully saturated rings. The summed E-state index contributed by atoms with van der Waals surface area (Å²) < 4.78 is 0. The lowest BCUT2D eigenvalue weighted by Crippen LogP contribution is -2.61. The molecule has 2 aliphatic heterocycles. The quantitative estimate of drug-likeness (QED) is 0.777. The van der Waals surface area contributed by atoms with Gasteiger partial charge in [-0.25, -0.2) is 4.79 Å². The lowest BCUT2D eigenvalue weighted by molar-refractivity contribution is -0.183. The van der Waals surface area contributed by atoms with Gasteiger partial charge in [-0.3, -0.25) is 14.5 Å². The number of hydroxylamine groups is 2. The van der Waals surface area contributed by atoms with Crippen LogP contribution < -0.4 is 0 Å². The topological polar surface area (TPSA) is 66.9 Å². The summed E-state index contributed by atoms with van der Waals surface area (Å²) in [4.78, 5) is 43.7. The summed E-state index contributed by atoms with van der Waals surface area (Å²) in [6.07, 6.45) is 0.666. The van der Waals surface area contributed by atoms with Crippen molar-refractivity contribution in [2.45, 2.75) is 38.8 Å². The Kier molecular flexibility index (Phi) is 3.29. The zero-order valence-electron chi connectivity index (χ0n) is 12.8. The number of nitrogens with zero attached hydrogens (tertiary/aromatic N) is 2. The molecule has 0 spiro atoms. The van der Waals surface area contributed by atoms with Gasteiger partial charge in [0.25, 0.3) is 11.8 Å². The van der Waals surface area contributed by atoms with Gasteiger partial charge in [0.1, 0.15) is 6.04 Å². The molecule has 1 atom stereocenters. The smallest absolute Gasteiger partial charge is 0.328 e. The maximum Gasteiger partial charge on any atom is 0.350 e. The van der Waals surface area contributed by atoms with Crippen LogP contribution in [0, 0.1) is 0 Å². The maximum absolute atomic E-state index is 12.3. The van der Waals surface area contributed by atoms with Gasteiger partial charge in [0.05, 0.1) is 11.1 Å². The molecule has 0 bridgehead atoms. The lowest BCUT2D eigenvalue weighted by atomic mass is 9.93. The first-order valence-corrected chi connectivity index (χ1v) is 7.27. The highest BCUT2D eigenvalue weighted by Crippen LogP contribution is 2.29. The van der Waals surface area contributed by atoms with E-state index in [1.54, 1.807) is 24.3 Å². The van der Waals surface area contributed by atoms with Gasteiger partial charge >= 0.3 is 5.97 Å². The Labute approximate surface area is 128 Å². The number of benzene rings is 1. The van der Waals surface area contributed by atoms with Crippen LogP contribution in [-0.4, -0.2) is 45.9 Å². The van der Waals surface area contributed by atoms with Gasteiger partial charge in [0.2, 0.25) is 0 Å². The van der Waals surface area contributed by atoms with Crippen molar-refractivity contribution >= 4 is 17.8 Å². The Morgan fingerprint density at radius 3 is 2.09 bits per heavy atom. The molecule has 6 heteroatoms. The van der Waals surface area contributed by atoms with Crippen LogP contribution in [0.2, 0.25) is 0 Å². The fourth-order valence-corrected chi connectivity index (χ4v) is 2.84. The molecule has 2 amide bonds. The number of carbonyl (C=O) groups is 3. The standard InChI is InChI=1S/C16H18N2O4/c1-16(2,3)17-9-8-12(17)15(21)22-18-13(19)10-6-4-5-7-11(10)14(18)20/h4-7,12H,8-9H2,1-3H3. The highest BCUT2D eigenvalue weighted by atomic mass is 16.7. The normalized spacial score (nSPS) is 21.6. The predicted octanol–water partition coefficient (Wildman–Crippen LogP) is 1.61. The van der Waals surface area contributed by atoms with E-state index < -0.39 is 23.8 Å². The third-order valence-electron chi connectivity index (χ3n) is 4.09. The van der Waals surface area contributed by atoms with Crippen LogP contribution in [0.5, 0.6) is 0 Å². The molecule has 22 heavy (non-hydrogen) atoms. The monoisotopic (exact) mass is 302 g/mol. The van der Waals surface area contributed by atoms with E-state index >= 15 is 0 Å². The Bertz CT molecular complexity index is 627. The second kappa shape index (κ2) is 4.91. The van der Waals surface area contributed by atoms with Crippen molar-refractivity contribution in [3.8, 4) is 0 Å². The van der Waals surface area contributed by atoms with Crippen molar-refractivity contribution in [3.63, 3.8) is 0 Å². The highest BCUT2D eigenvalue weighted by molar-refractivity contribution is 6.20. The molecule has 1 aromatic rings. The summed E-state index contributed by atoms with van der Waals surface area (Å²) in [5, 5.41) is 0.576. The molecule has 0 radical (unpaired) electrons. The lowest BCUT2D eigenvalue weighted by Gasteiger charge is -2.47. The number of amides is 2. The molecule has 0 N–H and O–H groups in total. The Balaban J connectivity index is 1.74. The summed E-state index contributed by atoms with van der Waals surface area (Å²) in [5.41, 5.74) is 0.368. The van der Waals surface area contributed by atoms with Crippen molar-refractivity contribution in [2.75, 3.05) is 6.54 Å². The van der Waals surface area contributed by atoms with Crippen LogP contribution >= 0.6 is 0 Å². The first kappa shape index (κ1) is 14.7. The van der Waals surface area contributed by atoms with Gasteiger partial charge in [0, 0.05) is 12.1 Å². The number of carbonyl (C=O) groups excluding carboxylic acids is 3. The zero-order valence-corrected chi connectivity index (χ0v) is 12.8. The van der Waals surface area contributed by atoms with E-state index in [1.807, 2.05) is 25.7 Å². The summed E-state index contributed by atoms with van der Waals surface area (Å²) in [6.45, 7) is 6.82. The van der Waals surface area contributed by atoms with E-state index in [-0.39, 0.29) is 16.7 Å². The summed E-state index contributed by atoms with van der Waals surface area (Å²) in [7, 11) is 0. The minimum absolute atomic E-state index is 0.163. The average molecular weight is 302 g/mol. The first-order valence-electron chi connectivity index (χ1n) is 7.27. The van der Waals surface area contributed by atoms with Crippen molar-refractivity contribution < 1.29 is 19.2 Å². The first-order chi connectivity index (χ1) is 10.3. The van der Waals surface area contributed by atoms with E-state index in [4.69, 9.17) is 4.84 Å². The summed E-state index contributed by atoms with van der Waals surface area (Å²) >= 11 is 0. The van der Waals surface area contributed by atoms with Crippen LogP contribution in [0.1, 0.15) is 47.9 Å². The number of imide groups is 1. The number of rotatable bonds is 2. The number of fused-ring (bicyclic) bond motifs is 1. The van der Waals surface area contributed by atoms with E-state index in [2.05, 4.69) is 0 Å². The van der Waals surface area contributed by atoms with Gasteiger partial charge in [-0.2, -0.15) is 0 Å². The zero-order chi connectivity index (χ0) is 16.1. The van der Waals surface area contributed by atoms with Crippen molar-refractivity contribution in [2.24, 2.45) is 0 Å². The van der Waals surface area contributed by atoms with E-state index in [0.29, 0.717) is 11.5 Å². The molecule has 0 aliphatic carbocycles. The Morgan fingerprint density at radius 2 is 1.68 bits per heavy atom. The third kappa shape index (κ3) is 2.20. The van der Waals surface area contributed by atoms with Crippen LogP contribution in [0.3, 0.4) is 0 Å². The van der Waals surface area contributed by atoms with Crippen molar-refractivity contribution in [1.29, 1.82) is 0 Å². The molecule has 0 aromatic heterocycles. The minimum atomic E-state index is -0.587. The van der Waals surface area contributed by atoms with Crippen molar-refractivity contribution in [1.82, 2.24) is 9.96 Å². The number of likely N-dealkylation sites (tertiary alicyclic amines) is 1. The molecule has 2 aliphatic rings. The van der Waals surface area contributed by atoms with Crippen LogP contribution in [0.4, 0.5) is 0 Å². The average Bonchev–Trinajstić information content (AvgIpc) is 2.61. The molecule has 2 heterocycles. The molecule has 0 saturated carbocycles. The van der Waals surface area contributed by atoms with Crippen LogP contribution in [0.15, 0.2) is 24.3 Å². The third-order valence-corrected chi connectivity index (χ3v) is 4.09. The van der Waals surface area contributed by atoms with Gasteiger partial charge < -0.3 is 4.84 Å². The second-order valence-corrected chi connectivity index (χ2v) is 6.53. The maximum atomic E-state index is 12.3. The molecule has 3 rings (SSSR count). The van der Waals surface area contributed by atoms with Crippen LogP contribution in [0.25, 0.3) is 0 Å². The van der Waals surface area contributed by atoms with Gasteiger partial charge in [-0.05, 0) is 39.3 Å².